The molecule has 1 N–H and O–H groups in total. The molecule has 0 fully saturated rings. The molecule has 0 saturated carbocycles. The Labute approximate surface area is 248 Å². The van der Waals surface area contributed by atoms with E-state index in [2.05, 4.69) is 5.32 Å². The van der Waals surface area contributed by atoms with Gasteiger partial charge in [0.2, 0.25) is 11.8 Å². The Kier molecular flexibility index (Phi) is 11.6. The van der Waals surface area contributed by atoms with Crippen molar-refractivity contribution in [1.29, 1.82) is 0 Å². The average molecular weight is 600 g/mol. The van der Waals surface area contributed by atoms with E-state index in [9.17, 15) is 18.0 Å². The molecule has 8 nitrogen and oxygen atoms in total. The van der Waals surface area contributed by atoms with E-state index in [1.54, 1.807) is 31.2 Å². The summed E-state index contributed by atoms with van der Waals surface area (Å²) in [7, 11) is -4.24. The van der Waals surface area contributed by atoms with Crippen molar-refractivity contribution in [3.8, 4) is 5.75 Å². The summed E-state index contributed by atoms with van der Waals surface area (Å²) in [5.41, 5.74) is 1.03. The second kappa shape index (κ2) is 14.9. The summed E-state index contributed by atoms with van der Waals surface area (Å²) >= 11 is 6.03. The average Bonchev–Trinajstić information content (AvgIpc) is 2.96. The van der Waals surface area contributed by atoms with Crippen molar-refractivity contribution in [3.63, 3.8) is 0 Å². The summed E-state index contributed by atoms with van der Waals surface area (Å²) in [5.74, 6) is -0.266. The van der Waals surface area contributed by atoms with Crippen molar-refractivity contribution in [2.45, 2.75) is 51.6 Å². The fraction of sp³-hybridized carbons (Fsp3) is 0.355. The summed E-state index contributed by atoms with van der Waals surface area (Å²) in [6, 6.07) is 20.9. The van der Waals surface area contributed by atoms with E-state index in [1.165, 1.54) is 29.2 Å². The minimum absolute atomic E-state index is 0.0303. The van der Waals surface area contributed by atoms with E-state index in [0.717, 1.165) is 9.87 Å². The van der Waals surface area contributed by atoms with Crippen LogP contribution in [0.25, 0.3) is 0 Å². The Bertz CT molecular complexity index is 1400. The van der Waals surface area contributed by atoms with Crippen LogP contribution in [0.3, 0.4) is 0 Å². The molecule has 3 aromatic rings. The highest BCUT2D eigenvalue weighted by molar-refractivity contribution is 7.92. The Morgan fingerprint density at radius 1 is 0.927 bits per heavy atom. The Morgan fingerprint density at radius 2 is 1.56 bits per heavy atom. The number of hydrogen-bond donors (Lipinski definition) is 1. The zero-order valence-corrected chi connectivity index (χ0v) is 25.5. The van der Waals surface area contributed by atoms with Gasteiger partial charge in [0.05, 0.1) is 17.2 Å². The molecule has 0 heterocycles. The molecule has 0 radical (unpaired) electrons. The molecule has 3 rings (SSSR count). The van der Waals surface area contributed by atoms with Crippen LogP contribution in [0, 0.1) is 5.92 Å². The molecule has 0 bridgehead atoms. The van der Waals surface area contributed by atoms with E-state index in [1.807, 2.05) is 51.1 Å². The molecule has 3 aromatic carbocycles. The first-order chi connectivity index (χ1) is 19.6. The van der Waals surface area contributed by atoms with Gasteiger partial charge in [0.15, 0.2) is 0 Å². The van der Waals surface area contributed by atoms with Crippen molar-refractivity contribution in [2.24, 2.45) is 5.92 Å². The van der Waals surface area contributed by atoms with Crippen molar-refractivity contribution in [2.75, 3.05) is 24.0 Å². The lowest BCUT2D eigenvalue weighted by Crippen LogP contribution is -2.52. The van der Waals surface area contributed by atoms with Gasteiger partial charge >= 0.3 is 0 Å². The number of halogens is 1. The number of rotatable bonds is 14. The Balaban J connectivity index is 2.08. The zero-order chi connectivity index (χ0) is 30.0. The molecule has 0 aliphatic rings. The van der Waals surface area contributed by atoms with Crippen molar-refractivity contribution in [3.05, 3.63) is 89.4 Å². The van der Waals surface area contributed by atoms with Crippen LogP contribution in [-0.2, 0) is 26.2 Å². The van der Waals surface area contributed by atoms with E-state index in [4.69, 9.17) is 16.3 Å². The lowest BCUT2D eigenvalue weighted by Gasteiger charge is -2.33. The maximum Gasteiger partial charge on any atom is 0.264 e. The standard InChI is InChI=1S/C31H38ClN3O5S/c1-5-27(31(37)33-20-23(3)4)34(21-24-12-8-7-9-13-24)30(36)22-35(28-14-10-11-15-29(28)40-6-2)41(38,39)26-18-16-25(32)17-19-26/h7-19,23,27H,5-6,20-22H2,1-4H3,(H,33,37)/t27-/m1/s1. The van der Waals surface area contributed by atoms with Crippen LogP contribution in [0.1, 0.15) is 39.7 Å². The molecule has 220 valence electrons. The highest BCUT2D eigenvalue weighted by atomic mass is 35.5. The van der Waals surface area contributed by atoms with Crippen LogP contribution in [0.5, 0.6) is 5.75 Å². The molecular weight excluding hydrogens is 562 g/mol. The van der Waals surface area contributed by atoms with Crippen LogP contribution in [-0.4, -0.2) is 50.9 Å². The lowest BCUT2D eigenvalue weighted by atomic mass is 10.1. The number of carbonyl (C=O) groups is 2. The molecule has 1 atom stereocenters. The van der Waals surface area contributed by atoms with E-state index < -0.39 is 28.5 Å². The summed E-state index contributed by atoms with van der Waals surface area (Å²) in [4.78, 5) is 28.9. The first-order valence-corrected chi connectivity index (χ1v) is 15.5. The first-order valence-electron chi connectivity index (χ1n) is 13.7. The number of anilines is 1. The molecule has 0 saturated heterocycles. The normalized spacial score (nSPS) is 12.0. The molecule has 0 unspecified atom stereocenters. The fourth-order valence-electron chi connectivity index (χ4n) is 4.31. The molecular formula is C31H38ClN3O5S. The van der Waals surface area contributed by atoms with Gasteiger partial charge in [0.25, 0.3) is 10.0 Å². The van der Waals surface area contributed by atoms with Gasteiger partial charge in [-0.2, -0.15) is 0 Å². The van der Waals surface area contributed by atoms with Crippen LogP contribution in [0.15, 0.2) is 83.8 Å². The van der Waals surface area contributed by atoms with Crippen LogP contribution < -0.4 is 14.4 Å². The number of amides is 2. The SMILES string of the molecule is CCOc1ccccc1N(CC(=O)N(Cc1ccccc1)[C@H](CC)C(=O)NCC(C)C)S(=O)(=O)c1ccc(Cl)cc1. The quantitative estimate of drug-likeness (QED) is 0.263. The largest absolute Gasteiger partial charge is 0.492 e. The van der Waals surface area contributed by atoms with Crippen molar-refractivity contribution >= 4 is 39.1 Å². The molecule has 0 aliphatic heterocycles. The first kappa shape index (κ1) is 32.0. The monoisotopic (exact) mass is 599 g/mol. The van der Waals surface area contributed by atoms with E-state index in [0.29, 0.717) is 30.3 Å². The lowest BCUT2D eigenvalue weighted by molar-refractivity contribution is -0.140. The smallest absolute Gasteiger partial charge is 0.264 e. The van der Waals surface area contributed by atoms with E-state index in [-0.39, 0.29) is 29.0 Å². The topological polar surface area (TPSA) is 96.0 Å². The van der Waals surface area contributed by atoms with Gasteiger partial charge in [-0.1, -0.05) is 74.8 Å². The minimum Gasteiger partial charge on any atom is -0.492 e. The third-order valence-corrected chi connectivity index (χ3v) is 8.41. The summed E-state index contributed by atoms with van der Waals surface area (Å²) in [6.07, 6.45) is 0.349. The second-order valence-corrected chi connectivity index (χ2v) is 12.2. The van der Waals surface area contributed by atoms with Gasteiger partial charge in [-0.25, -0.2) is 8.42 Å². The van der Waals surface area contributed by atoms with Gasteiger partial charge in [-0.3, -0.25) is 13.9 Å². The van der Waals surface area contributed by atoms with Gasteiger partial charge < -0.3 is 15.0 Å². The third kappa shape index (κ3) is 8.47. The predicted molar refractivity (Wildman–Crippen MR) is 163 cm³/mol. The van der Waals surface area contributed by atoms with Gasteiger partial charge in [-0.05, 0) is 61.2 Å². The maximum absolute atomic E-state index is 14.2. The number of nitrogens with zero attached hydrogens (tertiary/aromatic N) is 2. The van der Waals surface area contributed by atoms with Crippen LogP contribution in [0.4, 0.5) is 5.69 Å². The summed E-state index contributed by atoms with van der Waals surface area (Å²) in [6.45, 7) is 7.95. The third-order valence-electron chi connectivity index (χ3n) is 6.38. The van der Waals surface area contributed by atoms with E-state index >= 15 is 0 Å². The summed E-state index contributed by atoms with van der Waals surface area (Å²) < 4.78 is 34.9. The van der Waals surface area contributed by atoms with Crippen LogP contribution in [0.2, 0.25) is 5.02 Å². The number of ether oxygens (including phenoxy) is 1. The van der Waals surface area contributed by atoms with Gasteiger partial charge in [0.1, 0.15) is 18.3 Å². The number of nitrogens with one attached hydrogen (secondary N) is 1. The highest BCUT2D eigenvalue weighted by Gasteiger charge is 2.34. The van der Waals surface area contributed by atoms with Gasteiger partial charge in [-0.15, -0.1) is 0 Å². The van der Waals surface area contributed by atoms with Crippen LogP contribution >= 0.6 is 11.6 Å². The molecule has 0 aromatic heterocycles. The highest BCUT2D eigenvalue weighted by Crippen LogP contribution is 2.33. The van der Waals surface area contributed by atoms with Crippen molar-refractivity contribution < 1.29 is 22.7 Å². The zero-order valence-electron chi connectivity index (χ0n) is 23.9. The second-order valence-electron chi connectivity index (χ2n) is 9.94. The number of para-hydroxylation sites is 2. The van der Waals surface area contributed by atoms with Crippen molar-refractivity contribution in [1.82, 2.24) is 10.2 Å². The van der Waals surface area contributed by atoms with Gasteiger partial charge in [0, 0.05) is 18.1 Å². The maximum atomic E-state index is 14.2. The molecule has 41 heavy (non-hydrogen) atoms. The number of sulfonamides is 1. The minimum atomic E-state index is -4.24. The number of carbonyl (C=O) groups excluding carboxylic acids is 2. The Hall–Kier alpha value is -3.56. The molecule has 0 aliphatic carbocycles. The molecule has 10 heteroatoms. The molecule has 0 spiro atoms. The Morgan fingerprint density at radius 3 is 2.17 bits per heavy atom. The predicted octanol–water partition coefficient (Wildman–Crippen LogP) is 5.51. The summed E-state index contributed by atoms with van der Waals surface area (Å²) in [5, 5.41) is 3.31. The fourth-order valence-corrected chi connectivity index (χ4v) is 5.86. The molecule has 2 amide bonds. The number of benzene rings is 3. The number of hydrogen-bond acceptors (Lipinski definition) is 5.